The van der Waals surface area contributed by atoms with Crippen molar-refractivity contribution in [2.24, 2.45) is 45.3 Å². The number of rotatable bonds is 0. The Morgan fingerprint density at radius 3 is 2.41 bits per heavy atom. The molecule has 122 valence electrons. The first-order chi connectivity index (χ1) is 10.2. The Kier molecular flexibility index (Phi) is 2.23. The first kappa shape index (κ1) is 14.0. The van der Waals surface area contributed by atoms with E-state index >= 15 is 0 Å². The molecule has 0 heterocycles. The lowest BCUT2D eigenvalue weighted by atomic mass is 9.39. The molecule has 6 fully saturated rings. The van der Waals surface area contributed by atoms with Gasteiger partial charge in [-0.1, -0.05) is 34.1 Å². The largest absolute Gasteiger partial charge is 0.391 e. The first-order valence-corrected chi connectivity index (χ1v) is 9.43. The fourth-order valence-electron chi connectivity index (χ4n) is 8.64. The molecule has 0 amide bonds. The van der Waals surface area contributed by atoms with Gasteiger partial charge >= 0.3 is 0 Å². The summed E-state index contributed by atoms with van der Waals surface area (Å²) in [6, 6.07) is 0. The van der Waals surface area contributed by atoms with Crippen molar-refractivity contribution in [3.8, 4) is 0 Å². The summed E-state index contributed by atoms with van der Waals surface area (Å²) in [5.74, 6) is 2.33. The number of hydrogen-bond donors (Lipinski definition) is 1. The summed E-state index contributed by atoms with van der Waals surface area (Å²) in [6.07, 6.45) is 6.85. The Bertz CT molecular complexity index is 580. The van der Waals surface area contributed by atoms with E-state index in [4.69, 9.17) is 0 Å². The monoisotopic (exact) mass is 302 g/mol. The number of aliphatic hydroxyl groups is 1. The minimum atomic E-state index is -0.368. The Hall–Kier alpha value is -0.370. The van der Waals surface area contributed by atoms with Crippen molar-refractivity contribution in [1.82, 2.24) is 0 Å². The van der Waals surface area contributed by atoms with Gasteiger partial charge < -0.3 is 5.11 Å². The molecule has 1 unspecified atom stereocenters. The molecule has 0 aromatic carbocycles. The molecule has 6 aliphatic rings. The minimum Gasteiger partial charge on any atom is -0.391 e. The molecule has 0 aliphatic heterocycles. The van der Waals surface area contributed by atoms with E-state index in [1.54, 1.807) is 0 Å². The van der Waals surface area contributed by atoms with Gasteiger partial charge in [0.2, 0.25) is 0 Å². The van der Waals surface area contributed by atoms with Crippen molar-refractivity contribution in [3.05, 3.63) is 0 Å². The van der Waals surface area contributed by atoms with Crippen LogP contribution in [0.5, 0.6) is 0 Å². The first-order valence-electron chi connectivity index (χ1n) is 9.43. The van der Waals surface area contributed by atoms with Crippen molar-refractivity contribution < 1.29 is 9.90 Å². The molecule has 0 radical (unpaired) electrons. The highest BCUT2D eigenvalue weighted by Crippen LogP contribution is 2.83. The lowest BCUT2D eigenvalue weighted by Crippen LogP contribution is -2.64. The van der Waals surface area contributed by atoms with Crippen LogP contribution in [0.3, 0.4) is 0 Å². The molecule has 8 atom stereocenters. The molecular weight excluding hydrogens is 272 g/mol. The average Bonchev–Trinajstić information content (AvgIpc) is 3.01. The normalized spacial score (nSPS) is 64.0. The molecular formula is C20H30O2. The predicted molar refractivity (Wildman–Crippen MR) is 85.1 cm³/mol. The van der Waals surface area contributed by atoms with E-state index in [9.17, 15) is 9.90 Å². The van der Waals surface area contributed by atoms with Crippen LogP contribution in [0, 0.1) is 45.3 Å². The summed E-state index contributed by atoms with van der Waals surface area (Å²) in [4.78, 5) is 13.2. The maximum absolute atomic E-state index is 13.2. The summed E-state index contributed by atoms with van der Waals surface area (Å²) >= 11 is 0. The van der Waals surface area contributed by atoms with Crippen molar-refractivity contribution in [2.45, 2.75) is 72.3 Å². The number of carbonyl (C=O) groups excluding carboxylic acids is 1. The molecule has 6 saturated carbocycles. The highest BCUT2D eigenvalue weighted by Gasteiger charge is 2.87. The summed E-state index contributed by atoms with van der Waals surface area (Å²) in [5.41, 5.74) is 0.245. The number of hydrogen-bond acceptors (Lipinski definition) is 2. The Morgan fingerprint density at radius 2 is 1.77 bits per heavy atom. The van der Waals surface area contributed by atoms with Crippen LogP contribution in [0.25, 0.3) is 0 Å². The fraction of sp³-hybridized carbons (Fsp3) is 0.950. The molecule has 6 aliphatic carbocycles. The lowest BCUT2D eigenvalue weighted by Gasteiger charge is -2.65. The van der Waals surface area contributed by atoms with E-state index in [2.05, 4.69) is 27.7 Å². The number of carbonyl (C=O) groups is 1. The quantitative estimate of drug-likeness (QED) is 0.738. The number of aliphatic hydroxyl groups excluding tert-OH is 1. The van der Waals surface area contributed by atoms with Crippen LogP contribution in [-0.2, 0) is 4.79 Å². The van der Waals surface area contributed by atoms with E-state index in [1.165, 1.54) is 25.7 Å². The highest BCUT2D eigenvalue weighted by molar-refractivity contribution is 5.97. The second kappa shape index (κ2) is 3.50. The Labute approximate surface area is 134 Å². The van der Waals surface area contributed by atoms with E-state index in [1.807, 2.05) is 0 Å². The van der Waals surface area contributed by atoms with E-state index in [-0.39, 0.29) is 28.3 Å². The van der Waals surface area contributed by atoms with Crippen LogP contribution in [0.4, 0.5) is 0 Å². The maximum atomic E-state index is 13.2. The molecule has 2 heteroatoms. The predicted octanol–water partition coefficient (Wildman–Crippen LogP) is 3.82. The molecule has 1 N–H and O–H groups in total. The fourth-order valence-corrected chi connectivity index (χ4v) is 8.64. The zero-order chi connectivity index (χ0) is 15.7. The zero-order valence-electron chi connectivity index (χ0n) is 14.5. The summed E-state index contributed by atoms with van der Waals surface area (Å²) in [5, 5.41) is 11.2. The van der Waals surface area contributed by atoms with Crippen LogP contribution in [0.1, 0.15) is 66.2 Å². The van der Waals surface area contributed by atoms with Gasteiger partial charge in [0.05, 0.1) is 11.5 Å². The van der Waals surface area contributed by atoms with Gasteiger partial charge in [0.1, 0.15) is 5.78 Å². The second-order valence-electron chi connectivity index (χ2n) is 10.5. The summed E-state index contributed by atoms with van der Waals surface area (Å²) in [7, 11) is 0. The molecule has 22 heavy (non-hydrogen) atoms. The molecule has 0 aromatic heterocycles. The van der Waals surface area contributed by atoms with Crippen molar-refractivity contribution in [2.75, 3.05) is 0 Å². The van der Waals surface area contributed by atoms with Crippen molar-refractivity contribution >= 4 is 5.78 Å². The van der Waals surface area contributed by atoms with Crippen LogP contribution >= 0.6 is 0 Å². The minimum absolute atomic E-state index is 0.0546. The van der Waals surface area contributed by atoms with Gasteiger partial charge in [0.15, 0.2) is 0 Å². The van der Waals surface area contributed by atoms with Crippen LogP contribution < -0.4 is 0 Å². The molecule has 2 nitrogen and oxygen atoms in total. The smallest absolute Gasteiger partial charge is 0.145 e. The van der Waals surface area contributed by atoms with E-state index in [0.29, 0.717) is 23.0 Å². The summed E-state index contributed by atoms with van der Waals surface area (Å²) < 4.78 is 0. The van der Waals surface area contributed by atoms with Crippen LogP contribution in [-0.4, -0.2) is 17.0 Å². The molecule has 0 aromatic rings. The third-order valence-corrected chi connectivity index (χ3v) is 9.61. The standard InChI is InChI=1S/C20H30O2/c1-17(2)7-5-8-18(3)12(17)6-9-20-13(18)10-11-14(15(20)21)19(11,4)16(20)22/h11-14,16,22H,5-10H2,1-4H3/t11-,12+,13-,14?,16+,18+,19-,20-/m0/s1. The molecule has 6 rings (SSSR count). The third kappa shape index (κ3) is 1.13. The van der Waals surface area contributed by atoms with Crippen LogP contribution in [0.2, 0.25) is 0 Å². The van der Waals surface area contributed by atoms with E-state index < -0.39 is 0 Å². The van der Waals surface area contributed by atoms with Crippen LogP contribution in [0.15, 0.2) is 0 Å². The van der Waals surface area contributed by atoms with Gasteiger partial charge in [-0.15, -0.1) is 0 Å². The van der Waals surface area contributed by atoms with Crippen molar-refractivity contribution in [3.63, 3.8) is 0 Å². The van der Waals surface area contributed by atoms with Gasteiger partial charge in [0, 0.05) is 11.3 Å². The molecule has 0 saturated heterocycles. The number of fused-ring (bicyclic) bond motifs is 1. The third-order valence-electron chi connectivity index (χ3n) is 9.61. The van der Waals surface area contributed by atoms with Gasteiger partial charge in [-0.25, -0.2) is 0 Å². The summed E-state index contributed by atoms with van der Waals surface area (Å²) in [6.45, 7) is 9.55. The van der Waals surface area contributed by atoms with Crippen molar-refractivity contribution in [1.29, 1.82) is 0 Å². The number of ketones is 1. The zero-order valence-corrected chi connectivity index (χ0v) is 14.5. The SMILES string of the molecule is CC1(C)CCC[C@]2(C)[C@@H]1CC[C@@]13C(=O)C4[C@H](C[C@@H]21)[C@]4(C)[C@H]3O. The number of Topliss-reactive ketones (excluding diaryl/α,β-unsaturated/α-hetero) is 1. The Balaban J connectivity index is 1.64. The van der Waals surface area contributed by atoms with Gasteiger partial charge in [-0.2, -0.15) is 0 Å². The van der Waals surface area contributed by atoms with E-state index in [0.717, 1.165) is 18.8 Å². The molecule has 1 spiro atoms. The lowest BCUT2D eigenvalue weighted by molar-refractivity contribution is -0.200. The maximum Gasteiger partial charge on any atom is 0.145 e. The second-order valence-corrected chi connectivity index (χ2v) is 10.5. The van der Waals surface area contributed by atoms with Gasteiger partial charge in [0.25, 0.3) is 0 Å². The Morgan fingerprint density at radius 1 is 1.05 bits per heavy atom. The van der Waals surface area contributed by atoms with Gasteiger partial charge in [-0.05, 0) is 60.7 Å². The topological polar surface area (TPSA) is 37.3 Å². The molecule has 4 bridgehead atoms. The average molecular weight is 302 g/mol. The highest BCUT2D eigenvalue weighted by atomic mass is 16.3. The van der Waals surface area contributed by atoms with Gasteiger partial charge in [-0.3, -0.25) is 4.79 Å².